The third-order valence-corrected chi connectivity index (χ3v) is 3.74. The maximum atomic E-state index is 13.7. The van der Waals surface area contributed by atoms with Crippen LogP contribution in [0.1, 0.15) is 5.56 Å². The second-order valence-electron chi connectivity index (χ2n) is 5.31. The molecule has 3 N–H and O–H groups in total. The number of halogens is 2. The van der Waals surface area contributed by atoms with Gasteiger partial charge in [-0.3, -0.25) is 14.4 Å². The number of hydrogen-bond acceptors (Lipinski definition) is 5. The van der Waals surface area contributed by atoms with Crippen LogP contribution in [0, 0.1) is 5.82 Å². The minimum atomic E-state index is -0.900. The molecule has 0 atom stereocenters. The fourth-order valence-corrected chi connectivity index (χ4v) is 2.27. The summed E-state index contributed by atoms with van der Waals surface area (Å²) in [6.07, 6.45) is 1.31. The number of likely N-dealkylation sites (N-methyl/N-ethyl adjacent to an activating group) is 1. The Bertz CT molecular complexity index is 920. The highest BCUT2D eigenvalue weighted by molar-refractivity contribution is 9.10. The van der Waals surface area contributed by atoms with Crippen LogP contribution in [-0.2, 0) is 14.4 Å². The number of ether oxygens (including phenoxy) is 1. The van der Waals surface area contributed by atoms with Gasteiger partial charge in [-0.15, -0.1) is 0 Å². The van der Waals surface area contributed by atoms with Crippen molar-refractivity contribution in [2.45, 2.75) is 0 Å². The minimum absolute atomic E-state index is 0.0459. The lowest BCUT2D eigenvalue weighted by atomic mass is 10.2. The fraction of sp³-hybridized carbons (Fsp3) is 0.111. The number of carbonyl (C=O) groups excluding carboxylic acids is 3. The molecule has 0 heterocycles. The summed E-state index contributed by atoms with van der Waals surface area (Å²) in [6, 6.07) is 10.8. The van der Waals surface area contributed by atoms with E-state index in [4.69, 9.17) is 4.74 Å². The van der Waals surface area contributed by atoms with E-state index in [0.717, 1.165) is 0 Å². The molecule has 8 nitrogen and oxygen atoms in total. The molecule has 0 saturated heterocycles. The summed E-state index contributed by atoms with van der Waals surface area (Å²) in [6.45, 7) is -0.330. The number of anilines is 1. The van der Waals surface area contributed by atoms with Crippen LogP contribution in [0.25, 0.3) is 0 Å². The van der Waals surface area contributed by atoms with E-state index in [2.05, 4.69) is 37.1 Å². The summed E-state index contributed by atoms with van der Waals surface area (Å²) in [5.74, 6) is -2.45. The second kappa shape index (κ2) is 10.2. The second-order valence-corrected chi connectivity index (χ2v) is 6.23. The van der Waals surface area contributed by atoms with Crippen molar-refractivity contribution in [3.63, 3.8) is 0 Å². The van der Waals surface area contributed by atoms with Crippen molar-refractivity contribution < 1.29 is 23.5 Å². The molecule has 146 valence electrons. The van der Waals surface area contributed by atoms with Gasteiger partial charge in [-0.05, 0) is 35.9 Å². The van der Waals surface area contributed by atoms with Crippen LogP contribution >= 0.6 is 15.9 Å². The van der Waals surface area contributed by atoms with Crippen molar-refractivity contribution >= 4 is 45.6 Å². The number of hydrazone groups is 1. The normalized spacial score (nSPS) is 10.4. The standard InChI is InChI=1S/C18H16BrFN4O4/c1-21-17(26)18(27)24-22-9-11-3-2-4-13(7-11)28-10-16(25)23-15-6-5-12(19)8-14(15)20/h2-9H,10H2,1H3,(H,21,26)(H,23,25)(H,24,27)/b22-9-. The molecule has 0 spiro atoms. The van der Waals surface area contributed by atoms with Gasteiger partial charge in [0.05, 0.1) is 11.9 Å². The van der Waals surface area contributed by atoms with Gasteiger partial charge in [-0.25, -0.2) is 9.82 Å². The van der Waals surface area contributed by atoms with Gasteiger partial charge in [0.2, 0.25) is 0 Å². The highest BCUT2D eigenvalue weighted by Gasteiger charge is 2.09. The van der Waals surface area contributed by atoms with Gasteiger partial charge in [0.15, 0.2) is 6.61 Å². The Morgan fingerprint density at radius 1 is 1.18 bits per heavy atom. The number of rotatable bonds is 6. The van der Waals surface area contributed by atoms with Crippen molar-refractivity contribution in [2.75, 3.05) is 19.0 Å². The van der Waals surface area contributed by atoms with Gasteiger partial charge in [0, 0.05) is 11.5 Å². The third kappa shape index (κ3) is 6.47. The molecule has 0 aliphatic rings. The Balaban J connectivity index is 1.89. The molecule has 0 aliphatic carbocycles. The zero-order valence-corrected chi connectivity index (χ0v) is 16.2. The summed E-state index contributed by atoms with van der Waals surface area (Å²) in [5, 5.41) is 8.23. The van der Waals surface area contributed by atoms with Crippen LogP contribution in [0.4, 0.5) is 10.1 Å². The zero-order valence-electron chi connectivity index (χ0n) is 14.7. The van der Waals surface area contributed by atoms with Gasteiger partial charge in [0.25, 0.3) is 5.91 Å². The van der Waals surface area contributed by atoms with Crippen LogP contribution in [0.15, 0.2) is 52.0 Å². The van der Waals surface area contributed by atoms with Gasteiger partial charge in [-0.2, -0.15) is 5.10 Å². The number of benzene rings is 2. The predicted octanol–water partition coefficient (Wildman–Crippen LogP) is 1.80. The minimum Gasteiger partial charge on any atom is -0.484 e. The zero-order chi connectivity index (χ0) is 20.5. The molecule has 2 rings (SSSR count). The Morgan fingerprint density at radius 2 is 1.96 bits per heavy atom. The van der Waals surface area contributed by atoms with E-state index in [1.54, 1.807) is 30.3 Å². The monoisotopic (exact) mass is 450 g/mol. The van der Waals surface area contributed by atoms with Crippen LogP contribution in [-0.4, -0.2) is 37.6 Å². The molecular weight excluding hydrogens is 435 g/mol. The number of nitrogens with one attached hydrogen (secondary N) is 3. The van der Waals surface area contributed by atoms with E-state index in [1.807, 2.05) is 0 Å². The largest absolute Gasteiger partial charge is 0.484 e. The Kier molecular flexibility index (Phi) is 7.64. The first-order chi connectivity index (χ1) is 13.4. The summed E-state index contributed by atoms with van der Waals surface area (Å²) in [7, 11) is 1.33. The summed E-state index contributed by atoms with van der Waals surface area (Å²) < 4.78 is 19.6. The molecule has 2 aromatic carbocycles. The quantitative estimate of drug-likeness (QED) is 0.354. The van der Waals surface area contributed by atoms with Crippen molar-refractivity contribution in [3.05, 3.63) is 58.3 Å². The molecule has 0 aliphatic heterocycles. The fourth-order valence-electron chi connectivity index (χ4n) is 1.94. The van der Waals surface area contributed by atoms with Crippen LogP contribution in [0.5, 0.6) is 5.75 Å². The van der Waals surface area contributed by atoms with Crippen LogP contribution in [0.2, 0.25) is 0 Å². The Hall–Kier alpha value is -3.27. The topological polar surface area (TPSA) is 109 Å². The maximum absolute atomic E-state index is 13.7. The molecule has 0 fully saturated rings. The molecular formula is C18H16BrFN4O4. The highest BCUT2D eigenvalue weighted by atomic mass is 79.9. The van der Waals surface area contributed by atoms with Crippen molar-refractivity contribution in [1.82, 2.24) is 10.7 Å². The van der Waals surface area contributed by atoms with Crippen molar-refractivity contribution in [2.24, 2.45) is 5.10 Å². The van der Waals surface area contributed by atoms with Gasteiger partial charge >= 0.3 is 11.8 Å². The summed E-state index contributed by atoms with van der Waals surface area (Å²) in [4.78, 5) is 34.2. The predicted molar refractivity (Wildman–Crippen MR) is 104 cm³/mol. The van der Waals surface area contributed by atoms with E-state index < -0.39 is 23.5 Å². The third-order valence-electron chi connectivity index (χ3n) is 3.25. The number of carbonyl (C=O) groups is 3. The first-order valence-corrected chi connectivity index (χ1v) is 8.71. The van der Waals surface area contributed by atoms with Crippen LogP contribution < -0.4 is 20.8 Å². The average Bonchev–Trinajstić information content (AvgIpc) is 2.68. The van der Waals surface area contributed by atoms with Gasteiger partial charge in [-0.1, -0.05) is 28.1 Å². The van der Waals surface area contributed by atoms with E-state index in [-0.39, 0.29) is 12.3 Å². The molecule has 0 bridgehead atoms. The van der Waals surface area contributed by atoms with Crippen molar-refractivity contribution in [3.8, 4) is 5.75 Å². The molecule has 2 aromatic rings. The maximum Gasteiger partial charge on any atom is 0.329 e. The van der Waals surface area contributed by atoms with E-state index in [9.17, 15) is 18.8 Å². The van der Waals surface area contributed by atoms with Crippen molar-refractivity contribution in [1.29, 1.82) is 0 Å². The Morgan fingerprint density at radius 3 is 2.68 bits per heavy atom. The highest BCUT2D eigenvalue weighted by Crippen LogP contribution is 2.19. The van der Waals surface area contributed by atoms with Gasteiger partial charge in [0.1, 0.15) is 11.6 Å². The molecule has 28 heavy (non-hydrogen) atoms. The number of hydrogen-bond donors (Lipinski definition) is 3. The van der Waals surface area contributed by atoms with Crippen LogP contribution in [0.3, 0.4) is 0 Å². The Labute approximate surface area is 168 Å². The molecule has 3 amide bonds. The smallest absolute Gasteiger partial charge is 0.329 e. The lowest BCUT2D eigenvalue weighted by molar-refractivity contribution is -0.138. The van der Waals surface area contributed by atoms with E-state index in [1.165, 1.54) is 25.4 Å². The van der Waals surface area contributed by atoms with Gasteiger partial charge < -0.3 is 15.4 Å². The number of amides is 3. The summed E-state index contributed by atoms with van der Waals surface area (Å²) in [5.41, 5.74) is 2.67. The SMILES string of the molecule is CNC(=O)C(=O)N/N=C\c1cccc(OCC(=O)Nc2ccc(Br)cc2F)c1. The average molecular weight is 451 g/mol. The molecule has 10 heteroatoms. The molecule has 0 unspecified atom stereocenters. The molecule has 0 aromatic heterocycles. The number of nitrogens with zero attached hydrogens (tertiary/aromatic N) is 1. The molecule has 0 saturated carbocycles. The first-order valence-electron chi connectivity index (χ1n) is 7.92. The summed E-state index contributed by atoms with van der Waals surface area (Å²) >= 11 is 3.14. The van der Waals surface area contributed by atoms with E-state index >= 15 is 0 Å². The van der Waals surface area contributed by atoms with E-state index in [0.29, 0.717) is 15.8 Å². The lowest BCUT2D eigenvalue weighted by Gasteiger charge is -2.09. The first kappa shape index (κ1) is 21.0. The lowest BCUT2D eigenvalue weighted by Crippen LogP contribution is -2.35. The molecule has 0 radical (unpaired) electrons.